The summed E-state index contributed by atoms with van der Waals surface area (Å²) in [6, 6.07) is 9.35. The summed E-state index contributed by atoms with van der Waals surface area (Å²) in [6.07, 6.45) is 4.07. The maximum atomic E-state index is 3.61. The molecule has 0 bridgehead atoms. The van der Waals surface area contributed by atoms with Crippen LogP contribution in [0.3, 0.4) is 0 Å². The standard InChI is InChI=1S/C12H17NS/c1-2-14-12-9-4-3-8-11(12)13-10-6-5-7-10/h3-4,8-10,13H,2,5-7H2,1H3. The second kappa shape index (κ2) is 4.74. The van der Waals surface area contributed by atoms with E-state index in [0.717, 1.165) is 11.8 Å². The Balaban J connectivity index is 2.05. The normalized spacial score (nSPS) is 16.4. The molecule has 0 amide bonds. The Morgan fingerprint density at radius 3 is 2.79 bits per heavy atom. The van der Waals surface area contributed by atoms with Crippen molar-refractivity contribution < 1.29 is 0 Å². The molecule has 1 saturated carbocycles. The van der Waals surface area contributed by atoms with Crippen molar-refractivity contribution in [3.8, 4) is 0 Å². The van der Waals surface area contributed by atoms with Gasteiger partial charge in [-0.25, -0.2) is 0 Å². The smallest absolute Gasteiger partial charge is 0.0480 e. The lowest BCUT2D eigenvalue weighted by molar-refractivity contribution is 0.445. The van der Waals surface area contributed by atoms with Crippen LogP contribution in [0.15, 0.2) is 29.2 Å². The monoisotopic (exact) mass is 207 g/mol. The lowest BCUT2D eigenvalue weighted by Gasteiger charge is -2.28. The molecule has 1 aromatic rings. The van der Waals surface area contributed by atoms with E-state index in [9.17, 15) is 0 Å². The minimum Gasteiger partial charge on any atom is -0.381 e. The summed E-state index contributed by atoms with van der Waals surface area (Å²) < 4.78 is 0. The van der Waals surface area contributed by atoms with E-state index in [0.29, 0.717) is 0 Å². The molecule has 0 aromatic heterocycles. The highest BCUT2D eigenvalue weighted by molar-refractivity contribution is 7.99. The Kier molecular flexibility index (Phi) is 3.35. The van der Waals surface area contributed by atoms with Crippen molar-refractivity contribution in [3.05, 3.63) is 24.3 Å². The van der Waals surface area contributed by atoms with Crippen LogP contribution in [0.4, 0.5) is 5.69 Å². The van der Waals surface area contributed by atoms with Crippen LogP contribution in [0.5, 0.6) is 0 Å². The Morgan fingerprint density at radius 2 is 2.14 bits per heavy atom. The highest BCUT2D eigenvalue weighted by Gasteiger charge is 2.17. The zero-order valence-corrected chi connectivity index (χ0v) is 9.44. The molecule has 76 valence electrons. The van der Waals surface area contributed by atoms with Gasteiger partial charge in [-0.3, -0.25) is 0 Å². The zero-order chi connectivity index (χ0) is 9.80. The van der Waals surface area contributed by atoms with Gasteiger partial charge in [-0.1, -0.05) is 19.1 Å². The fraction of sp³-hybridized carbons (Fsp3) is 0.500. The van der Waals surface area contributed by atoms with E-state index in [1.54, 1.807) is 0 Å². The number of rotatable bonds is 4. The topological polar surface area (TPSA) is 12.0 Å². The van der Waals surface area contributed by atoms with Gasteiger partial charge in [0.25, 0.3) is 0 Å². The molecule has 14 heavy (non-hydrogen) atoms. The molecular formula is C12H17NS. The SMILES string of the molecule is CCSc1ccccc1NC1CCC1. The van der Waals surface area contributed by atoms with Crippen molar-refractivity contribution in [3.63, 3.8) is 0 Å². The molecule has 0 heterocycles. The van der Waals surface area contributed by atoms with Crippen LogP contribution in [0.2, 0.25) is 0 Å². The van der Waals surface area contributed by atoms with E-state index in [1.807, 2.05) is 11.8 Å². The Labute approximate surface area is 90.3 Å². The molecule has 0 unspecified atom stereocenters. The second-order valence-corrected chi connectivity index (χ2v) is 5.01. The van der Waals surface area contributed by atoms with Crippen molar-refractivity contribution in [2.24, 2.45) is 0 Å². The molecule has 0 saturated heterocycles. The summed E-state index contributed by atoms with van der Waals surface area (Å²) in [7, 11) is 0. The molecule has 1 nitrogen and oxygen atoms in total. The first-order valence-electron chi connectivity index (χ1n) is 5.38. The molecule has 0 aliphatic heterocycles. The van der Waals surface area contributed by atoms with E-state index in [4.69, 9.17) is 0 Å². The molecular weight excluding hydrogens is 190 g/mol. The van der Waals surface area contributed by atoms with Crippen molar-refractivity contribution >= 4 is 17.4 Å². The van der Waals surface area contributed by atoms with Gasteiger partial charge in [0.2, 0.25) is 0 Å². The summed E-state index contributed by atoms with van der Waals surface area (Å²) in [5.41, 5.74) is 1.32. The van der Waals surface area contributed by atoms with Gasteiger partial charge in [0.15, 0.2) is 0 Å². The molecule has 2 heteroatoms. The maximum Gasteiger partial charge on any atom is 0.0480 e. The van der Waals surface area contributed by atoms with Gasteiger partial charge in [0.05, 0.1) is 0 Å². The number of nitrogens with one attached hydrogen (secondary N) is 1. The first kappa shape index (κ1) is 9.91. The fourth-order valence-electron chi connectivity index (χ4n) is 1.64. The summed E-state index contributed by atoms with van der Waals surface area (Å²) in [4.78, 5) is 1.39. The number of para-hydroxylation sites is 1. The minimum absolute atomic E-state index is 0.730. The second-order valence-electron chi connectivity index (χ2n) is 3.70. The van der Waals surface area contributed by atoms with E-state index >= 15 is 0 Å². The third kappa shape index (κ3) is 2.24. The van der Waals surface area contributed by atoms with Crippen molar-refractivity contribution in [2.75, 3.05) is 11.1 Å². The molecule has 0 radical (unpaired) electrons. The predicted octanol–water partition coefficient (Wildman–Crippen LogP) is 3.76. The summed E-state index contributed by atoms with van der Waals surface area (Å²) in [6.45, 7) is 2.20. The molecule has 1 aliphatic rings. The Hall–Kier alpha value is -0.630. The van der Waals surface area contributed by atoms with Crippen LogP contribution < -0.4 is 5.32 Å². The molecule has 1 aromatic carbocycles. The number of thioether (sulfide) groups is 1. The quantitative estimate of drug-likeness (QED) is 0.754. The van der Waals surface area contributed by atoms with Crippen molar-refractivity contribution in [2.45, 2.75) is 37.1 Å². The highest BCUT2D eigenvalue weighted by atomic mass is 32.2. The first-order valence-corrected chi connectivity index (χ1v) is 6.37. The minimum atomic E-state index is 0.730. The molecule has 1 fully saturated rings. The lowest BCUT2D eigenvalue weighted by Crippen LogP contribution is -2.27. The third-order valence-corrected chi connectivity index (χ3v) is 3.61. The van der Waals surface area contributed by atoms with Gasteiger partial charge in [0, 0.05) is 16.6 Å². The van der Waals surface area contributed by atoms with Gasteiger partial charge >= 0.3 is 0 Å². The van der Waals surface area contributed by atoms with Crippen LogP contribution in [0.25, 0.3) is 0 Å². The fourth-order valence-corrected chi connectivity index (χ4v) is 2.41. The van der Waals surface area contributed by atoms with Gasteiger partial charge in [-0.15, -0.1) is 11.8 Å². The van der Waals surface area contributed by atoms with Crippen LogP contribution in [-0.4, -0.2) is 11.8 Å². The number of hydrogen-bond donors (Lipinski definition) is 1. The molecule has 0 spiro atoms. The highest BCUT2D eigenvalue weighted by Crippen LogP contribution is 2.30. The van der Waals surface area contributed by atoms with E-state index in [2.05, 4.69) is 36.5 Å². The largest absolute Gasteiger partial charge is 0.381 e. The van der Waals surface area contributed by atoms with E-state index in [1.165, 1.54) is 29.8 Å². The van der Waals surface area contributed by atoms with Crippen molar-refractivity contribution in [1.29, 1.82) is 0 Å². The van der Waals surface area contributed by atoms with Crippen LogP contribution in [-0.2, 0) is 0 Å². The maximum absolute atomic E-state index is 3.61. The van der Waals surface area contributed by atoms with Gasteiger partial charge in [-0.2, -0.15) is 0 Å². The molecule has 2 rings (SSSR count). The molecule has 1 N–H and O–H groups in total. The first-order chi connectivity index (χ1) is 6.90. The summed E-state index contributed by atoms with van der Waals surface area (Å²) in [5.74, 6) is 1.14. The van der Waals surface area contributed by atoms with Crippen LogP contribution in [0.1, 0.15) is 26.2 Å². The summed E-state index contributed by atoms with van der Waals surface area (Å²) in [5, 5.41) is 3.61. The number of anilines is 1. The molecule has 1 aliphatic carbocycles. The third-order valence-electron chi connectivity index (χ3n) is 2.65. The van der Waals surface area contributed by atoms with E-state index < -0.39 is 0 Å². The van der Waals surface area contributed by atoms with Crippen LogP contribution >= 0.6 is 11.8 Å². The number of benzene rings is 1. The summed E-state index contributed by atoms with van der Waals surface area (Å²) >= 11 is 1.92. The lowest BCUT2D eigenvalue weighted by atomic mass is 9.93. The predicted molar refractivity (Wildman–Crippen MR) is 64.1 cm³/mol. The van der Waals surface area contributed by atoms with Gasteiger partial charge in [0.1, 0.15) is 0 Å². The average Bonchev–Trinajstić information content (AvgIpc) is 2.14. The Bertz CT molecular complexity index is 294. The van der Waals surface area contributed by atoms with E-state index in [-0.39, 0.29) is 0 Å². The zero-order valence-electron chi connectivity index (χ0n) is 8.62. The van der Waals surface area contributed by atoms with Gasteiger partial charge in [-0.05, 0) is 37.1 Å². The average molecular weight is 207 g/mol. The van der Waals surface area contributed by atoms with Crippen molar-refractivity contribution in [1.82, 2.24) is 0 Å². The molecule has 0 atom stereocenters. The number of hydrogen-bond acceptors (Lipinski definition) is 2. The Morgan fingerprint density at radius 1 is 1.36 bits per heavy atom. The van der Waals surface area contributed by atoms with Gasteiger partial charge < -0.3 is 5.32 Å². The van der Waals surface area contributed by atoms with Crippen LogP contribution in [0, 0.1) is 0 Å².